The molecular weight excluding hydrogens is 414 g/mol. The van der Waals surface area contributed by atoms with Gasteiger partial charge in [0.25, 0.3) is 0 Å². The van der Waals surface area contributed by atoms with Gasteiger partial charge in [-0.1, -0.05) is 0 Å². The van der Waals surface area contributed by atoms with Gasteiger partial charge in [-0.3, -0.25) is 13.8 Å². The first-order chi connectivity index (χ1) is 15.0. The van der Waals surface area contributed by atoms with Gasteiger partial charge < -0.3 is 9.84 Å². The number of hydrogen-bond acceptors (Lipinski definition) is 4. The molecule has 0 spiro atoms. The van der Waals surface area contributed by atoms with Crippen LogP contribution in [0.25, 0.3) is 11.1 Å². The van der Waals surface area contributed by atoms with Crippen molar-refractivity contribution in [3.8, 4) is 16.9 Å². The van der Waals surface area contributed by atoms with E-state index < -0.39 is 16.9 Å². The van der Waals surface area contributed by atoms with Crippen LogP contribution in [0.4, 0.5) is 10.5 Å². The monoisotopic (exact) mass is 443 g/mol. The van der Waals surface area contributed by atoms with Crippen LogP contribution in [0.2, 0.25) is 0 Å². The number of amides is 1. The number of rotatable bonds is 4. The predicted molar refractivity (Wildman–Crippen MR) is 120 cm³/mol. The molecule has 8 heteroatoms. The van der Waals surface area contributed by atoms with Gasteiger partial charge in [0.15, 0.2) is 0 Å². The van der Waals surface area contributed by atoms with Gasteiger partial charge in [-0.2, -0.15) is 5.10 Å². The summed E-state index contributed by atoms with van der Waals surface area (Å²) in [4.78, 5) is 13.4. The first-order valence-corrected chi connectivity index (χ1v) is 12.7. The summed E-state index contributed by atoms with van der Waals surface area (Å²) in [5.74, 6) is 2.25. The Balaban J connectivity index is 1.54. The Morgan fingerprint density at radius 2 is 2.06 bits per heavy atom. The minimum atomic E-state index is -0.922. The van der Waals surface area contributed by atoms with Crippen LogP contribution in [0.3, 0.4) is 0 Å². The average molecular weight is 444 g/mol. The molecule has 31 heavy (non-hydrogen) atoms. The van der Waals surface area contributed by atoms with Gasteiger partial charge in [-0.25, -0.2) is 4.79 Å². The highest BCUT2D eigenvalue weighted by Gasteiger charge is 2.33. The SMILES string of the molecule is CC1CCc2c(ccc(-c3cnn(C4CCCS(=O)C4)c3)c2OC2CCC2)N1C(=O)O. The molecule has 0 radical (unpaired) electrons. The summed E-state index contributed by atoms with van der Waals surface area (Å²) < 4.78 is 20.4. The van der Waals surface area contributed by atoms with Crippen molar-refractivity contribution in [3.05, 3.63) is 30.1 Å². The number of fused-ring (bicyclic) bond motifs is 1. The first kappa shape index (κ1) is 20.5. The van der Waals surface area contributed by atoms with Gasteiger partial charge in [0.05, 0.1) is 24.0 Å². The zero-order chi connectivity index (χ0) is 21.5. The summed E-state index contributed by atoms with van der Waals surface area (Å²) in [7, 11) is -0.772. The molecule has 2 aliphatic heterocycles. The Morgan fingerprint density at radius 1 is 1.23 bits per heavy atom. The second-order valence-corrected chi connectivity index (χ2v) is 10.6. The number of anilines is 1. The molecule has 166 valence electrons. The maximum Gasteiger partial charge on any atom is 0.412 e. The van der Waals surface area contributed by atoms with E-state index in [1.165, 1.54) is 11.3 Å². The standard InChI is InChI=1S/C23H29N3O4S/c1-15-7-8-20-21(26(15)23(27)28)10-9-19(22(20)30-18-5-2-6-18)16-12-24-25(13-16)17-4-3-11-31(29)14-17/h9-10,12-13,15,17-18H,2-8,11,14H2,1H3,(H,27,28). The Morgan fingerprint density at radius 3 is 2.77 bits per heavy atom. The molecule has 0 bridgehead atoms. The average Bonchev–Trinajstić information content (AvgIpc) is 3.20. The van der Waals surface area contributed by atoms with Crippen LogP contribution >= 0.6 is 0 Å². The van der Waals surface area contributed by atoms with E-state index in [9.17, 15) is 14.1 Å². The minimum absolute atomic E-state index is 0.0534. The number of benzene rings is 1. The molecule has 1 aromatic heterocycles. The van der Waals surface area contributed by atoms with E-state index in [1.54, 1.807) is 0 Å². The van der Waals surface area contributed by atoms with Crippen molar-refractivity contribution < 1.29 is 18.8 Å². The number of aromatic nitrogens is 2. The van der Waals surface area contributed by atoms with Crippen molar-refractivity contribution in [1.82, 2.24) is 9.78 Å². The van der Waals surface area contributed by atoms with Crippen molar-refractivity contribution in [2.45, 2.75) is 70.1 Å². The van der Waals surface area contributed by atoms with Crippen molar-refractivity contribution in [2.24, 2.45) is 0 Å². The molecule has 5 rings (SSSR count). The molecule has 1 saturated carbocycles. The molecule has 3 unspecified atom stereocenters. The highest BCUT2D eigenvalue weighted by Crippen LogP contribution is 2.44. The second kappa shape index (κ2) is 8.30. The lowest BCUT2D eigenvalue weighted by Gasteiger charge is -2.36. The van der Waals surface area contributed by atoms with Crippen molar-refractivity contribution in [2.75, 3.05) is 16.4 Å². The summed E-state index contributed by atoms with van der Waals surface area (Å²) in [6, 6.07) is 4.00. The smallest absolute Gasteiger partial charge is 0.412 e. The predicted octanol–water partition coefficient (Wildman–Crippen LogP) is 4.38. The van der Waals surface area contributed by atoms with Gasteiger partial charge in [0.2, 0.25) is 0 Å². The molecule has 3 heterocycles. The number of nitrogens with zero attached hydrogens (tertiary/aromatic N) is 3. The van der Waals surface area contributed by atoms with E-state index in [-0.39, 0.29) is 18.2 Å². The number of carbonyl (C=O) groups is 1. The number of ether oxygens (including phenoxy) is 1. The van der Waals surface area contributed by atoms with Gasteiger partial charge in [-0.05, 0) is 64.0 Å². The molecule has 1 aliphatic carbocycles. The van der Waals surface area contributed by atoms with E-state index in [2.05, 4.69) is 5.10 Å². The lowest BCUT2D eigenvalue weighted by molar-refractivity contribution is 0.119. The second-order valence-electron chi connectivity index (χ2n) is 8.97. The third kappa shape index (κ3) is 3.86. The Labute approximate surface area is 184 Å². The molecule has 2 aromatic rings. The van der Waals surface area contributed by atoms with E-state index >= 15 is 0 Å². The summed E-state index contributed by atoms with van der Waals surface area (Å²) >= 11 is 0. The Hall–Kier alpha value is -2.35. The van der Waals surface area contributed by atoms with Crippen LogP contribution in [-0.2, 0) is 17.2 Å². The first-order valence-electron chi connectivity index (χ1n) is 11.3. The minimum Gasteiger partial charge on any atom is -0.489 e. The van der Waals surface area contributed by atoms with Crippen molar-refractivity contribution in [3.63, 3.8) is 0 Å². The molecule has 3 atom stereocenters. The molecular formula is C23H29N3O4S. The van der Waals surface area contributed by atoms with Crippen LogP contribution in [0.5, 0.6) is 5.75 Å². The van der Waals surface area contributed by atoms with Gasteiger partial charge >= 0.3 is 6.09 Å². The quantitative estimate of drug-likeness (QED) is 0.758. The molecule has 7 nitrogen and oxygen atoms in total. The normalized spacial score (nSPS) is 26.2. The Kier molecular flexibility index (Phi) is 5.50. The van der Waals surface area contributed by atoms with E-state index in [0.29, 0.717) is 5.75 Å². The van der Waals surface area contributed by atoms with Crippen LogP contribution in [0.1, 0.15) is 57.1 Å². The summed E-state index contributed by atoms with van der Waals surface area (Å²) in [5, 5.41) is 14.4. The highest BCUT2D eigenvalue weighted by atomic mass is 32.2. The molecule has 3 aliphatic rings. The van der Waals surface area contributed by atoms with Gasteiger partial charge in [0, 0.05) is 51.2 Å². The third-order valence-corrected chi connectivity index (χ3v) is 8.37. The van der Waals surface area contributed by atoms with Gasteiger partial charge in [0.1, 0.15) is 5.75 Å². The Bertz CT molecular complexity index is 1020. The lowest BCUT2D eigenvalue weighted by atomic mass is 9.91. The molecule has 1 N–H and O–H groups in total. The van der Waals surface area contributed by atoms with E-state index in [0.717, 1.165) is 72.4 Å². The van der Waals surface area contributed by atoms with Crippen molar-refractivity contribution >= 4 is 22.6 Å². The van der Waals surface area contributed by atoms with Crippen molar-refractivity contribution in [1.29, 1.82) is 0 Å². The highest BCUT2D eigenvalue weighted by molar-refractivity contribution is 7.85. The molecule has 1 amide bonds. The summed E-state index contributed by atoms with van der Waals surface area (Å²) in [6.45, 7) is 1.95. The molecule has 1 aromatic carbocycles. The zero-order valence-electron chi connectivity index (χ0n) is 17.8. The van der Waals surface area contributed by atoms with E-state index in [1.807, 2.05) is 36.1 Å². The van der Waals surface area contributed by atoms with Crippen LogP contribution in [0, 0.1) is 0 Å². The fourth-order valence-electron chi connectivity index (χ4n) is 4.86. The number of carboxylic acid groups (broad SMARTS) is 1. The van der Waals surface area contributed by atoms with Crippen LogP contribution in [-0.4, -0.2) is 48.8 Å². The number of hydrogen-bond donors (Lipinski definition) is 1. The molecule has 2 fully saturated rings. The zero-order valence-corrected chi connectivity index (χ0v) is 18.6. The maximum atomic E-state index is 12.0. The van der Waals surface area contributed by atoms with Crippen LogP contribution < -0.4 is 9.64 Å². The lowest BCUT2D eigenvalue weighted by Crippen LogP contribution is -2.41. The van der Waals surface area contributed by atoms with Crippen LogP contribution in [0.15, 0.2) is 24.5 Å². The summed E-state index contributed by atoms with van der Waals surface area (Å²) in [5.41, 5.74) is 3.65. The topological polar surface area (TPSA) is 84.7 Å². The van der Waals surface area contributed by atoms with E-state index in [4.69, 9.17) is 4.74 Å². The fourth-order valence-corrected chi connectivity index (χ4v) is 6.26. The van der Waals surface area contributed by atoms with Gasteiger partial charge in [-0.15, -0.1) is 0 Å². The molecule has 1 saturated heterocycles. The maximum absolute atomic E-state index is 12.0. The fraction of sp³-hybridized carbons (Fsp3) is 0.565. The summed E-state index contributed by atoms with van der Waals surface area (Å²) in [6.07, 6.45) is 9.93. The third-order valence-electron chi connectivity index (χ3n) is 6.87. The largest absolute Gasteiger partial charge is 0.489 e.